The summed E-state index contributed by atoms with van der Waals surface area (Å²) in [7, 11) is 0. The Kier molecular flexibility index (Phi) is 5.11. The van der Waals surface area contributed by atoms with Crippen molar-refractivity contribution in [1.82, 2.24) is 9.80 Å². The fraction of sp³-hybridized carbons (Fsp3) is 0.611. The number of piperazine rings is 1. The van der Waals surface area contributed by atoms with Gasteiger partial charge in [-0.2, -0.15) is 0 Å². The molecule has 2 atom stereocenters. The molecule has 2 aliphatic heterocycles. The quantitative estimate of drug-likeness (QED) is 0.852. The van der Waals surface area contributed by atoms with E-state index in [2.05, 4.69) is 42.2 Å². The molecule has 4 heteroatoms. The van der Waals surface area contributed by atoms with Crippen LogP contribution in [0.1, 0.15) is 25.3 Å². The Hall–Kier alpha value is -1.39. The topological polar surface area (TPSA) is 32.8 Å². The van der Waals surface area contributed by atoms with E-state index in [1.807, 2.05) is 4.90 Å². The van der Waals surface area contributed by atoms with Crippen molar-refractivity contribution >= 4 is 5.91 Å². The highest BCUT2D eigenvalue weighted by atomic mass is 16.5. The lowest BCUT2D eigenvalue weighted by molar-refractivity contribution is -0.143. The van der Waals surface area contributed by atoms with Gasteiger partial charge in [0.15, 0.2) is 0 Å². The molecular formula is C18H26N2O2. The van der Waals surface area contributed by atoms with Crippen molar-refractivity contribution in [3.05, 3.63) is 35.9 Å². The van der Waals surface area contributed by atoms with Crippen molar-refractivity contribution in [3.63, 3.8) is 0 Å². The van der Waals surface area contributed by atoms with Crippen molar-refractivity contribution in [2.75, 3.05) is 32.8 Å². The number of hydrogen-bond donors (Lipinski definition) is 0. The lowest BCUT2D eigenvalue weighted by Crippen LogP contribution is -2.55. The normalized spacial score (nSPS) is 26.3. The van der Waals surface area contributed by atoms with Crippen LogP contribution in [0, 0.1) is 0 Å². The molecule has 1 aromatic carbocycles. The molecule has 0 aromatic heterocycles. The smallest absolute Gasteiger partial charge is 0.251 e. The van der Waals surface area contributed by atoms with Gasteiger partial charge in [0.25, 0.3) is 5.91 Å². The number of hydrogen-bond acceptors (Lipinski definition) is 3. The Morgan fingerprint density at radius 3 is 2.77 bits per heavy atom. The molecule has 2 fully saturated rings. The molecule has 0 bridgehead atoms. The predicted molar refractivity (Wildman–Crippen MR) is 86.7 cm³/mol. The van der Waals surface area contributed by atoms with Crippen molar-refractivity contribution in [3.8, 4) is 0 Å². The highest BCUT2D eigenvalue weighted by molar-refractivity contribution is 5.81. The first-order chi connectivity index (χ1) is 10.7. The third-order valence-corrected chi connectivity index (χ3v) is 4.81. The zero-order chi connectivity index (χ0) is 15.4. The number of benzene rings is 1. The number of nitrogens with zero attached hydrogens (tertiary/aromatic N) is 2. The van der Waals surface area contributed by atoms with E-state index >= 15 is 0 Å². The van der Waals surface area contributed by atoms with Crippen molar-refractivity contribution < 1.29 is 9.53 Å². The van der Waals surface area contributed by atoms with E-state index in [9.17, 15) is 4.79 Å². The Bertz CT molecular complexity index is 485. The number of carbonyl (C=O) groups excluding carboxylic acids is 1. The summed E-state index contributed by atoms with van der Waals surface area (Å²) in [6.45, 7) is 6.65. The van der Waals surface area contributed by atoms with E-state index in [-0.39, 0.29) is 12.0 Å². The average molecular weight is 302 g/mol. The third-order valence-electron chi connectivity index (χ3n) is 4.81. The first kappa shape index (κ1) is 15.5. The van der Waals surface area contributed by atoms with Gasteiger partial charge in [-0.05, 0) is 31.7 Å². The van der Waals surface area contributed by atoms with Crippen LogP contribution in [0.5, 0.6) is 0 Å². The number of amides is 1. The number of ether oxygens (including phenoxy) is 1. The van der Waals surface area contributed by atoms with Gasteiger partial charge in [-0.15, -0.1) is 0 Å². The Morgan fingerprint density at radius 1 is 1.27 bits per heavy atom. The fourth-order valence-electron chi connectivity index (χ4n) is 3.42. The summed E-state index contributed by atoms with van der Waals surface area (Å²) in [5.41, 5.74) is 1.38. The van der Waals surface area contributed by atoms with Crippen molar-refractivity contribution in [2.45, 2.75) is 38.3 Å². The van der Waals surface area contributed by atoms with Gasteiger partial charge in [0.1, 0.15) is 6.10 Å². The molecule has 2 aliphatic rings. The van der Waals surface area contributed by atoms with E-state index in [4.69, 9.17) is 4.74 Å². The third kappa shape index (κ3) is 3.68. The van der Waals surface area contributed by atoms with Gasteiger partial charge >= 0.3 is 0 Å². The molecular weight excluding hydrogens is 276 g/mol. The summed E-state index contributed by atoms with van der Waals surface area (Å²) in [6.07, 6.45) is 2.80. The standard InChI is InChI=1S/C18H26N2O2/c1-15-14-20(18(21)17-8-5-13-22-17)12-11-19(15)10-9-16-6-3-2-4-7-16/h2-4,6-7,15,17H,5,8-14H2,1H3. The summed E-state index contributed by atoms with van der Waals surface area (Å²) in [5, 5.41) is 0. The van der Waals surface area contributed by atoms with E-state index in [1.54, 1.807) is 0 Å². The van der Waals surface area contributed by atoms with Gasteiger partial charge in [-0.25, -0.2) is 0 Å². The summed E-state index contributed by atoms with van der Waals surface area (Å²) in [6, 6.07) is 11.0. The van der Waals surface area contributed by atoms with E-state index < -0.39 is 0 Å². The van der Waals surface area contributed by atoms with Gasteiger partial charge in [0, 0.05) is 38.8 Å². The zero-order valence-electron chi connectivity index (χ0n) is 13.4. The molecule has 1 amide bonds. The second-order valence-corrected chi connectivity index (χ2v) is 6.41. The van der Waals surface area contributed by atoms with E-state index in [0.717, 1.165) is 52.0 Å². The van der Waals surface area contributed by atoms with Gasteiger partial charge < -0.3 is 9.64 Å². The summed E-state index contributed by atoms with van der Waals surface area (Å²) in [5.74, 6) is 0.201. The first-order valence-corrected chi connectivity index (χ1v) is 8.42. The lowest BCUT2D eigenvalue weighted by atomic mass is 10.1. The monoisotopic (exact) mass is 302 g/mol. The van der Waals surface area contributed by atoms with E-state index in [1.165, 1.54) is 5.56 Å². The highest BCUT2D eigenvalue weighted by Crippen LogP contribution is 2.18. The van der Waals surface area contributed by atoms with Crippen LogP contribution < -0.4 is 0 Å². The maximum Gasteiger partial charge on any atom is 0.251 e. The number of carbonyl (C=O) groups is 1. The SMILES string of the molecule is CC1CN(C(=O)C2CCCO2)CCN1CCc1ccccc1. The predicted octanol–water partition coefficient (Wildman–Crippen LogP) is 1.94. The summed E-state index contributed by atoms with van der Waals surface area (Å²) >= 11 is 0. The summed E-state index contributed by atoms with van der Waals surface area (Å²) < 4.78 is 5.53. The molecule has 0 spiro atoms. The maximum absolute atomic E-state index is 12.4. The average Bonchev–Trinajstić information content (AvgIpc) is 3.08. The van der Waals surface area contributed by atoms with Crippen LogP contribution in [0.4, 0.5) is 0 Å². The zero-order valence-corrected chi connectivity index (χ0v) is 13.4. The van der Waals surface area contributed by atoms with Crippen molar-refractivity contribution in [1.29, 1.82) is 0 Å². The molecule has 22 heavy (non-hydrogen) atoms. The van der Waals surface area contributed by atoms with Crippen LogP contribution in [0.15, 0.2) is 30.3 Å². The van der Waals surface area contributed by atoms with Crippen LogP contribution in [-0.4, -0.2) is 60.6 Å². The van der Waals surface area contributed by atoms with Crippen LogP contribution in [0.3, 0.4) is 0 Å². The molecule has 0 aliphatic carbocycles. The van der Waals surface area contributed by atoms with Gasteiger partial charge in [0.2, 0.25) is 0 Å². The Morgan fingerprint density at radius 2 is 2.09 bits per heavy atom. The van der Waals surface area contributed by atoms with Crippen LogP contribution in [-0.2, 0) is 16.0 Å². The van der Waals surface area contributed by atoms with Gasteiger partial charge in [-0.3, -0.25) is 9.69 Å². The van der Waals surface area contributed by atoms with Crippen molar-refractivity contribution in [2.24, 2.45) is 0 Å². The first-order valence-electron chi connectivity index (χ1n) is 8.42. The number of rotatable bonds is 4. The minimum atomic E-state index is -0.178. The Labute approximate surface area is 133 Å². The molecule has 0 N–H and O–H groups in total. The molecule has 120 valence electrons. The van der Waals surface area contributed by atoms with E-state index in [0.29, 0.717) is 6.04 Å². The Balaban J connectivity index is 1.48. The summed E-state index contributed by atoms with van der Waals surface area (Å²) in [4.78, 5) is 16.9. The molecule has 2 unspecified atom stereocenters. The van der Waals surface area contributed by atoms with Gasteiger partial charge in [0.05, 0.1) is 0 Å². The minimum absolute atomic E-state index is 0.178. The molecule has 2 heterocycles. The fourth-order valence-corrected chi connectivity index (χ4v) is 3.42. The molecule has 4 nitrogen and oxygen atoms in total. The van der Waals surface area contributed by atoms with Crippen LogP contribution in [0.25, 0.3) is 0 Å². The molecule has 1 aromatic rings. The largest absolute Gasteiger partial charge is 0.368 e. The molecule has 2 saturated heterocycles. The van der Waals surface area contributed by atoms with Gasteiger partial charge in [-0.1, -0.05) is 30.3 Å². The lowest BCUT2D eigenvalue weighted by Gasteiger charge is -2.40. The molecule has 3 rings (SSSR count). The highest BCUT2D eigenvalue weighted by Gasteiger charge is 2.32. The second-order valence-electron chi connectivity index (χ2n) is 6.41. The second kappa shape index (κ2) is 7.25. The minimum Gasteiger partial charge on any atom is -0.368 e. The van der Waals surface area contributed by atoms with Crippen LogP contribution >= 0.6 is 0 Å². The van der Waals surface area contributed by atoms with Crippen LogP contribution in [0.2, 0.25) is 0 Å². The maximum atomic E-state index is 12.4. The molecule has 0 saturated carbocycles. The molecule has 0 radical (unpaired) electrons.